The molecule has 6 heteroatoms. The zero-order valence-corrected chi connectivity index (χ0v) is 11.1. The maximum Gasteiger partial charge on any atom is 0.249 e. The lowest BCUT2D eigenvalue weighted by molar-refractivity contribution is -0.138. The number of carbonyl (C=O) groups is 3. The lowest BCUT2D eigenvalue weighted by Gasteiger charge is -2.34. The van der Waals surface area contributed by atoms with Crippen LogP contribution in [0.3, 0.4) is 0 Å². The van der Waals surface area contributed by atoms with E-state index in [1.165, 1.54) is 0 Å². The van der Waals surface area contributed by atoms with Gasteiger partial charge in [-0.3, -0.25) is 19.7 Å². The number of nitrogens with one attached hydrogen (secondary N) is 2. The summed E-state index contributed by atoms with van der Waals surface area (Å²) >= 11 is 0. The predicted octanol–water partition coefficient (Wildman–Crippen LogP) is 0.113. The molecule has 6 nitrogen and oxygen atoms in total. The number of imide groups is 1. The number of amides is 3. The van der Waals surface area contributed by atoms with E-state index in [4.69, 9.17) is 4.74 Å². The van der Waals surface area contributed by atoms with Crippen LogP contribution in [-0.4, -0.2) is 36.5 Å². The van der Waals surface area contributed by atoms with Gasteiger partial charge in [0.15, 0.2) is 0 Å². The molecule has 0 bridgehead atoms. The van der Waals surface area contributed by atoms with Gasteiger partial charge in [-0.25, -0.2) is 0 Å². The molecule has 1 unspecified atom stereocenters. The van der Waals surface area contributed by atoms with Gasteiger partial charge in [0.05, 0.1) is 6.10 Å². The summed E-state index contributed by atoms with van der Waals surface area (Å²) in [5, 5.41) is 4.92. The number of ether oxygens (including phenoxy) is 1. The van der Waals surface area contributed by atoms with Gasteiger partial charge in [-0.05, 0) is 32.1 Å². The Kier molecular flexibility index (Phi) is 4.52. The quantitative estimate of drug-likeness (QED) is 0.693. The summed E-state index contributed by atoms with van der Waals surface area (Å²) in [6, 6.07) is -0.562. The second-order valence-corrected chi connectivity index (χ2v) is 5.19. The van der Waals surface area contributed by atoms with Crippen molar-refractivity contribution in [1.29, 1.82) is 0 Å². The summed E-state index contributed by atoms with van der Waals surface area (Å²) in [5.41, 5.74) is 0. The molecule has 0 aromatic rings. The molecule has 106 valence electrons. The van der Waals surface area contributed by atoms with Gasteiger partial charge in [-0.2, -0.15) is 0 Å². The Labute approximate surface area is 112 Å². The third-order valence-corrected chi connectivity index (χ3v) is 3.64. The second-order valence-electron chi connectivity index (χ2n) is 5.19. The molecular weight excluding hydrogens is 248 g/mol. The van der Waals surface area contributed by atoms with Crippen LogP contribution in [0.2, 0.25) is 0 Å². The number of rotatable bonds is 5. The summed E-state index contributed by atoms with van der Waals surface area (Å²) in [4.78, 5) is 34.2. The van der Waals surface area contributed by atoms with Crippen molar-refractivity contribution in [3.05, 3.63) is 0 Å². The minimum absolute atomic E-state index is 0.116. The molecule has 0 aromatic heterocycles. The lowest BCUT2D eigenvalue weighted by atomic mass is 9.80. The molecule has 0 aromatic carbocycles. The monoisotopic (exact) mass is 268 g/mol. The highest BCUT2D eigenvalue weighted by atomic mass is 16.5. The molecule has 2 rings (SSSR count). The standard InChI is InChI=1S/C13H20N2O4/c1-2-19-9-5-8(6-9)7-12(17)14-10-3-4-11(16)15-13(10)18/h8-10H,2-7H2,1H3,(H,14,17)(H,15,16,18). The predicted molar refractivity (Wildman–Crippen MR) is 67.1 cm³/mol. The van der Waals surface area contributed by atoms with Crippen LogP contribution in [0.4, 0.5) is 0 Å². The van der Waals surface area contributed by atoms with E-state index in [1.54, 1.807) is 0 Å². The average molecular weight is 268 g/mol. The van der Waals surface area contributed by atoms with Crippen LogP contribution in [0.1, 0.15) is 39.0 Å². The van der Waals surface area contributed by atoms with Crippen LogP contribution in [0, 0.1) is 5.92 Å². The molecule has 1 saturated heterocycles. The first kappa shape index (κ1) is 14.0. The Morgan fingerprint density at radius 3 is 2.79 bits per heavy atom. The molecule has 3 amide bonds. The summed E-state index contributed by atoms with van der Waals surface area (Å²) in [5.74, 6) is -0.432. The second kappa shape index (κ2) is 6.14. The fourth-order valence-electron chi connectivity index (χ4n) is 2.56. The number of hydrogen-bond donors (Lipinski definition) is 2. The molecule has 2 fully saturated rings. The molecule has 19 heavy (non-hydrogen) atoms. The van der Waals surface area contributed by atoms with Gasteiger partial charge in [0.2, 0.25) is 17.7 Å². The van der Waals surface area contributed by atoms with E-state index in [-0.39, 0.29) is 18.2 Å². The van der Waals surface area contributed by atoms with Crippen LogP contribution < -0.4 is 10.6 Å². The highest BCUT2D eigenvalue weighted by molar-refractivity contribution is 6.01. The van der Waals surface area contributed by atoms with Crippen LogP contribution in [0.5, 0.6) is 0 Å². The molecular formula is C13H20N2O4. The number of carbonyl (C=O) groups excluding carboxylic acids is 3. The summed E-state index contributed by atoms with van der Waals surface area (Å²) in [7, 11) is 0. The lowest BCUT2D eigenvalue weighted by Crippen LogP contribution is -2.52. The average Bonchev–Trinajstić information content (AvgIpc) is 2.30. The van der Waals surface area contributed by atoms with Crippen molar-refractivity contribution in [2.24, 2.45) is 5.92 Å². The van der Waals surface area contributed by atoms with Crippen molar-refractivity contribution < 1.29 is 19.1 Å². The van der Waals surface area contributed by atoms with Crippen LogP contribution in [-0.2, 0) is 19.1 Å². The number of hydrogen-bond acceptors (Lipinski definition) is 4. The van der Waals surface area contributed by atoms with E-state index in [1.807, 2.05) is 6.92 Å². The van der Waals surface area contributed by atoms with Gasteiger partial charge in [-0.1, -0.05) is 0 Å². The maximum atomic E-state index is 11.8. The van der Waals surface area contributed by atoms with Crippen molar-refractivity contribution in [3.8, 4) is 0 Å². The third kappa shape index (κ3) is 3.76. The smallest absolute Gasteiger partial charge is 0.249 e. The zero-order valence-electron chi connectivity index (χ0n) is 11.1. The zero-order chi connectivity index (χ0) is 13.8. The number of piperidine rings is 1. The molecule has 1 aliphatic heterocycles. The Balaban J connectivity index is 1.68. The van der Waals surface area contributed by atoms with Crippen LogP contribution in [0.25, 0.3) is 0 Å². The summed E-state index contributed by atoms with van der Waals surface area (Å²) < 4.78 is 5.44. The van der Waals surface area contributed by atoms with Crippen molar-refractivity contribution in [1.82, 2.24) is 10.6 Å². The first-order chi connectivity index (χ1) is 9.08. The van der Waals surface area contributed by atoms with E-state index in [2.05, 4.69) is 10.6 Å². The molecule has 1 heterocycles. The molecule has 0 radical (unpaired) electrons. The van der Waals surface area contributed by atoms with Gasteiger partial charge in [0.1, 0.15) is 6.04 Å². The molecule has 1 saturated carbocycles. The Hall–Kier alpha value is -1.43. The Morgan fingerprint density at radius 2 is 2.16 bits per heavy atom. The molecule has 2 aliphatic rings. The highest BCUT2D eigenvalue weighted by Crippen LogP contribution is 2.32. The van der Waals surface area contributed by atoms with Crippen LogP contribution in [0.15, 0.2) is 0 Å². The Morgan fingerprint density at radius 1 is 1.42 bits per heavy atom. The van der Waals surface area contributed by atoms with E-state index in [9.17, 15) is 14.4 Å². The van der Waals surface area contributed by atoms with Crippen molar-refractivity contribution in [3.63, 3.8) is 0 Å². The van der Waals surface area contributed by atoms with E-state index >= 15 is 0 Å². The fourth-order valence-corrected chi connectivity index (χ4v) is 2.56. The van der Waals surface area contributed by atoms with Gasteiger partial charge >= 0.3 is 0 Å². The van der Waals surface area contributed by atoms with Gasteiger partial charge in [0, 0.05) is 19.4 Å². The highest BCUT2D eigenvalue weighted by Gasteiger charge is 2.33. The van der Waals surface area contributed by atoms with Gasteiger partial charge < -0.3 is 10.1 Å². The van der Waals surface area contributed by atoms with Crippen molar-refractivity contribution >= 4 is 17.7 Å². The van der Waals surface area contributed by atoms with Gasteiger partial charge in [-0.15, -0.1) is 0 Å². The van der Waals surface area contributed by atoms with E-state index in [0.29, 0.717) is 31.5 Å². The van der Waals surface area contributed by atoms with Crippen LogP contribution >= 0.6 is 0 Å². The first-order valence-electron chi connectivity index (χ1n) is 6.83. The molecule has 1 atom stereocenters. The maximum absolute atomic E-state index is 11.8. The minimum atomic E-state index is -0.562. The van der Waals surface area contributed by atoms with E-state index < -0.39 is 11.9 Å². The molecule has 2 N–H and O–H groups in total. The fraction of sp³-hybridized carbons (Fsp3) is 0.769. The SMILES string of the molecule is CCOC1CC(CC(=O)NC2CCC(=O)NC2=O)C1. The first-order valence-corrected chi connectivity index (χ1v) is 6.83. The largest absolute Gasteiger partial charge is 0.378 e. The molecule has 1 aliphatic carbocycles. The van der Waals surface area contributed by atoms with Crippen molar-refractivity contribution in [2.75, 3.05) is 6.61 Å². The minimum Gasteiger partial charge on any atom is -0.378 e. The summed E-state index contributed by atoms with van der Waals surface area (Å²) in [6.07, 6.45) is 3.22. The van der Waals surface area contributed by atoms with E-state index in [0.717, 1.165) is 12.8 Å². The third-order valence-electron chi connectivity index (χ3n) is 3.64. The Bertz CT molecular complexity index is 377. The van der Waals surface area contributed by atoms with Crippen molar-refractivity contribution in [2.45, 2.75) is 51.2 Å². The normalized spacial score (nSPS) is 30.5. The topological polar surface area (TPSA) is 84.5 Å². The van der Waals surface area contributed by atoms with Gasteiger partial charge in [0.25, 0.3) is 0 Å². The molecule has 0 spiro atoms. The summed E-state index contributed by atoms with van der Waals surface area (Å²) in [6.45, 7) is 2.67.